The molecule has 0 saturated carbocycles. The lowest BCUT2D eigenvalue weighted by atomic mass is 9.96. The summed E-state index contributed by atoms with van der Waals surface area (Å²) in [5.74, 6) is 4.17. The number of nitrogens with one attached hydrogen (secondary N) is 1. The third-order valence-electron chi connectivity index (χ3n) is 6.46. The number of hydrogen-bond acceptors (Lipinski definition) is 9. The quantitative estimate of drug-likeness (QED) is 0.507. The molecule has 0 unspecified atom stereocenters. The van der Waals surface area contributed by atoms with E-state index in [0.717, 1.165) is 65.9 Å². The van der Waals surface area contributed by atoms with Gasteiger partial charge in [-0.15, -0.1) is 0 Å². The van der Waals surface area contributed by atoms with E-state index in [4.69, 9.17) is 28.7 Å². The lowest BCUT2D eigenvalue weighted by Gasteiger charge is -2.35. The third kappa shape index (κ3) is 4.67. The summed E-state index contributed by atoms with van der Waals surface area (Å²) in [6.45, 7) is 4.54. The van der Waals surface area contributed by atoms with E-state index in [1.54, 1.807) is 32.7 Å². The van der Waals surface area contributed by atoms with E-state index in [0.29, 0.717) is 29.8 Å². The zero-order chi connectivity index (χ0) is 23.5. The minimum absolute atomic E-state index is 0.0799. The highest BCUT2D eigenvalue weighted by atomic mass is 32.1. The molecule has 0 spiro atoms. The van der Waals surface area contributed by atoms with Gasteiger partial charge < -0.3 is 29.0 Å². The van der Waals surface area contributed by atoms with Crippen molar-refractivity contribution in [1.29, 1.82) is 0 Å². The first-order valence-corrected chi connectivity index (χ1v) is 12.4. The summed E-state index contributed by atoms with van der Waals surface area (Å²) < 4.78 is 29.5. The normalized spacial score (nSPS) is 18.6. The van der Waals surface area contributed by atoms with Gasteiger partial charge in [-0.05, 0) is 44.0 Å². The number of methoxy groups -OCH3 is 3. The van der Waals surface area contributed by atoms with Gasteiger partial charge in [0.05, 0.1) is 26.8 Å². The second kappa shape index (κ2) is 10.1. The van der Waals surface area contributed by atoms with E-state index in [1.807, 2.05) is 30.3 Å². The van der Waals surface area contributed by atoms with Crippen LogP contribution in [-0.4, -0.2) is 70.1 Å². The fraction of sp³-hybridized carbons (Fsp3) is 0.480. The molecule has 2 aliphatic heterocycles. The molecule has 2 aliphatic rings. The molecular formula is C25H31N3O5S. The van der Waals surface area contributed by atoms with E-state index < -0.39 is 0 Å². The van der Waals surface area contributed by atoms with E-state index >= 15 is 0 Å². The molecule has 0 bridgehead atoms. The molecule has 1 saturated heterocycles. The molecule has 3 aromatic rings. The molecule has 0 radical (unpaired) electrons. The monoisotopic (exact) mass is 485 g/mol. The molecule has 5 rings (SSSR count). The van der Waals surface area contributed by atoms with Crippen molar-refractivity contribution in [3.63, 3.8) is 0 Å². The highest BCUT2D eigenvalue weighted by molar-refractivity contribution is 7.22. The average molecular weight is 486 g/mol. The number of piperidine rings is 1. The van der Waals surface area contributed by atoms with Gasteiger partial charge in [0.2, 0.25) is 5.75 Å². The van der Waals surface area contributed by atoms with Crippen LogP contribution in [0.1, 0.15) is 12.8 Å². The van der Waals surface area contributed by atoms with Crippen LogP contribution in [0.25, 0.3) is 10.2 Å². The van der Waals surface area contributed by atoms with Crippen LogP contribution in [0.3, 0.4) is 0 Å². The van der Waals surface area contributed by atoms with Crippen molar-refractivity contribution in [2.24, 2.45) is 5.92 Å². The summed E-state index contributed by atoms with van der Waals surface area (Å²) in [4.78, 5) is 7.24. The fourth-order valence-electron chi connectivity index (χ4n) is 4.65. The van der Waals surface area contributed by atoms with Crippen molar-refractivity contribution in [2.75, 3.05) is 59.4 Å². The van der Waals surface area contributed by atoms with Crippen LogP contribution >= 0.6 is 11.3 Å². The lowest BCUT2D eigenvalue weighted by Crippen LogP contribution is -2.44. The largest absolute Gasteiger partial charge is 0.493 e. The Morgan fingerprint density at radius 1 is 1.06 bits per heavy atom. The Morgan fingerprint density at radius 3 is 2.56 bits per heavy atom. The molecule has 182 valence electrons. The van der Waals surface area contributed by atoms with E-state index in [9.17, 15) is 0 Å². The molecule has 1 aromatic heterocycles. The Morgan fingerprint density at radius 2 is 1.82 bits per heavy atom. The van der Waals surface area contributed by atoms with E-state index in [2.05, 4.69) is 10.2 Å². The molecule has 9 heteroatoms. The highest BCUT2D eigenvalue weighted by Crippen LogP contribution is 2.46. The van der Waals surface area contributed by atoms with Crippen molar-refractivity contribution in [2.45, 2.75) is 18.9 Å². The fourth-order valence-corrected chi connectivity index (χ4v) is 5.62. The third-order valence-corrected chi connectivity index (χ3v) is 7.49. The Balaban J connectivity index is 1.14. The Hall–Kier alpha value is -2.91. The van der Waals surface area contributed by atoms with Crippen LogP contribution in [0.15, 0.2) is 30.3 Å². The number of aromatic nitrogens is 1. The number of benzene rings is 2. The lowest BCUT2D eigenvalue weighted by molar-refractivity contribution is 0.0485. The molecule has 1 N–H and O–H groups in total. The molecule has 2 aromatic carbocycles. The van der Waals surface area contributed by atoms with Crippen molar-refractivity contribution in [3.8, 4) is 28.7 Å². The second-order valence-electron chi connectivity index (χ2n) is 8.64. The maximum absolute atomic E-state index is 6.13. The summed E-state index contributed by atoms with van der Waals surface area (Å²) in [5, 5.41) is 4.43. The summed E-state index contributed by atoms with van der Waals surface area (Å²) in [6, 6.07) is 9.78. The molecule has 0 aliphatic carbocycles. The SMILES string of the molecule is COc1cc2nc(NCC3CCN(C[C@@H]4COc5ccccc5O4)CC3)sc2c(OC)c1OC. The van der Waals surface area contributed by atoms with Crippen molar-refractivity contribution in [3.05, 3.63) is 30.3 Å². The second-order valence-corrected chi connectivity index (χ2v) is 9.63. The van der Waals surface area contributed by atoms with Crippen molar-refractivity contribution >= 4 is 26.7 Å². The van der Waals surface area contributed by atoms with Crippen LogP contribution in [0, 0.1) is 5.92 Å². The number of fused-ring (bicyclic) bond motifs is 2. The molecule has 34 heavy (non-hydrogen) atoms. The number of hydrogen-bond donors (Lipinski definition) is 1. The Bertz CT molecular complexity index is 1130. The van der Waals surface area contributed by atoms with Crippen LogP contribution in [-0.2, 0) is 0 Å². The van der Waals surface area contributed by atoms with Gasteiger partial charge in [-0.2, -0.15) is 0 Å². The minimum Gasteiger partial charge on any atom is -0.493 e. The van der Waals surface area contributed by atoms with Crippen molar-refractivity contribution in [1.82, 2.24) is 9.88 Å². The number of nitrogens with zero attached hydrogens (tertiary/aromatic N) is 2. The van der Waals surface area contributed by atoms with Gasteiger partial charge in [-0.1, -0.05) is 23.5 Å². The number of ether oxygens (including phenoxy) is 5. The van der Waals surface area contributed by atoms with Gasteiger partial charge in [0.15, 0.2) is 28.1 Å². The Kier molecular flexibility index (Phi) is 6.82. The smallest absolute Gasteiger partial charge is 0.204 e. The van der Waals surface area contributed by atoms with Gasteiger partial charge in [0, 0.05) is 19.2 Å². The Labute approximate surface area is 203 Å². The first kappa shape index (κ1) is 22.9. The molecular weight excluding hydrogens is 454 g/mol. The minimum atomic E-state index is 0.0799. The summed E-state index contributed by atoms with van der Waals surface area (Å²) >= 11 is 1.58. The predicted molar refractivity (Wildman–Crippen MR) is 133 cm³/mol. The van der Waals surface area contributed by atoms with Crippen LogP contribution in [0.4, 0.5) is 5.13 Å². The van der Waals surface area contributed by atoms with E-state index in [-0.39, 0.29) is 6.10 Å². The number of thiazole rings is 1. The van der Waals surface area contributed by atoms with Gasteiger partial charge in [0.25, 0.3) is 0 Å². The maximum atomic E-state index is 6.13. The molecule has 0 amide bonds. The standard InChI is InChI=1S/C25H31N3O5S/c1-29-21-12-18-24(23(31-3)22(21)30-2)34-25(27-18)26-13-16-8-10-28(11-9-16)14-17-15-32-19-6-4-5-7-20(19)33-17/h4-7,12,16-17H,8-11,13-15H2,1-3H3,(H,26,27)/t17-/m1/s1. The van der Waals surface area contributed by atoms with Crippen LogP contribution in [0.5, 0.6) is 28.7 Å². The highest BCUT2D eigenvalue weighted by Gasteiger charge is 2.26. The van der Waals surface area contributed by atoms with Crippen molar-refractivity contribution < 1.29 is 23.7 Å². The van der Waals surface area contributed by atoms with E-state index in [1.165, 1.54) is 0 Å². The van der Waals surface area contributed by atoms with Gasteiger partial charge >= 0.3 is 0 Å². The maximum Gasteiger partial charge on any atom is 0.204 e. The molecule has 3 heterocycles. The first-order valence-electron chi connectivity index (χ1n) is 11.6. The van der Waals surface area contributed by atoms with Crippen LogP contribution < -0.4 is 29.0 Å². The van der Waals surface area contributed by atoms with Gasteiger partial charge in [0.1, 0.15) is 17.4 Å². The molecule has 8 nitrogen and oxygen atoms in total. The predicted octanol–water partition coefficient (Wildman–Crippen LogP) is 4.29. The molecule has 1 atom stereocenters. The topological polar surface area (TPSA) is 74.3 Å². The first-order chi connectivity index (χ1) is 16.7. The number of anilines is 1. The zero-order valence-electron chi connectivity index (χ0n) is 19.8. The number of likely N-dealkylation sites (tertiary alicyclic amines) is 1. The van der Waals surface area contributed by atoms with Gasteiger partial charge in [-0.25, -0.2) is 4.98 Å². The average Bonchev–Trinajstić information content (AvgIpc) is 3.29. The number of para-hydroxylation sites is 2. The zero-order valence-corrected chi connectivity index (χ0v) is 20.7. The molecule has 1 fully saturated rings. The van der Waals surface area contributed by atoms with Crippen LogP contribution in [0.2, 0.25) is 0 Å². The number of rotatable bonds is 8. The summed E-state index contributed by atoms with van der Waals surface area (Å²) in [7, 11) is 4.87. The van der Waals surface area contributed by atoms with Gasteiger partial charge in [-0.3, -0.25) is 4.90 Å². The summed E-state index contributed by atoms with van der Waals surface area (Å²) in [6.07, 6.45) is 2.37. The summed E-state index contributed by atoms with van der Waals surface area (Å²) in [5.41, 5.74) is 0.841.